The van der Waals surface area contributed by atoms with E-state index in [-0.39, 0.29) is 17.0 Å². The van der Waals surface area contributed by atoms with Crippen LogP contribution in [0.1, 0.15) is 51.2 Å². The van der Waals surface area contributed by atoms with Crippen LogP contribution in [0.15, 0.2) is 83.4 Å². The van der Waals surface area contributed by atoms with Crippen LogP contribution in [0.25, 0.3) is 21.9 Å². The largest absolute Gasteiger partial charge is 0.456 e. The van der Waals surface area contributed by atoms with Gasteiger partial charge in [0.15, 0.2) is 5.82 Å². The minimum Gasteiger partial charge on any atom is -0.456 e. The smallest absolute Gasteiger partial charge is 0.158 e. The van der Waals surface area contributed by atoms with Crippen LogP contribution in [-0.2, 0) is 5.41 Å². The van der Waals surface area contributed by atoms with Crippen LogP contribution < -0.4 is 9.80 Å². The van der Waals surface area contributed by atoms with Crippen LogP contribution in [0.2, 0.25) is 0 Å². The van der Waals surface area contributed by atoms with Gasteiger partial charge in [-0.05, 0) is 67.6 Å². The fourth-order valence-electron chi connectivity index (χ4n) is 9.12. The summed E-state index contributed by atoms with van der Waals surface area (Å²) >= 11 is 0. The van der Waals surface area contributed by atoms with Gasteiger partial charge in [-0.25, -0.2) is 4.98 Å². The van der Waals surface area contributed by atoms with E-state index in [1.807, 2.05) is 12.3 Å². The minimum atomic E-state index is 0.126. The van der Waals surface area contributed by atoms with Crippen molar-refractivity contribution in [1.82, 2.24) is 4.98 Å². The van der Waals surface area contributed by atoms with Gasteiger partial charge in [-0.15, -0.1) is 0 Å². The van der Waals surface area contributed by atoms with Crippen molar-refractivity contribution in [2.75, 3.05) is 9.80 Å². The summed E-state index contributed by atoms with van der Waals surface area (Å²) in [4.78, 5) is 10.2. The molecule has 190 valence electrons. The quantitative estimate of drug-likeness (QED) is 0.247. The number of hydrogen-bond acceptors (Lipinski definition) is 4. The second-order valence-electron chi connectivity index (χ2n) is 11.3. The number of rotatable bonds is 4. The Morgan fingerprint density at radius 1 is 0.789 bits per heavy atom. The molecular formula is C34H33N3O. The lowest BCUT2D eigenvalue weighted by Crippen LogP contribution is -2.51. The van der Waals surface area contributed by atoms with E-state index in [9.17, 15) is 0 Å². The number of para-hydroxylation sites is 2. The molecule has 3 aliphatic rings. The lowest BCUT2D eigenvalue weighted by Gasteiger charge is -2.46. The maximum absolute atomic E-state index is 6.48. The van der Waals surface area contributed by atoms with Crippen molar-refractivity contribution >= 4 is 44.8 Å². The second kappa shape index (κ2) is 7.41. The predicted molar refractivity (Wildman–Crippen MR) is 156 cm³/mol. The Morgan fingerprint density at radius 2 is 1.58 bits per heavy atom. The van der Waals surface area contributed by atoms with Gasteiger partial charge in [-0.2, -0.15) is 0 Å². The molecular weight excluding hydrogens is 466 g/mol. The third kappa shape index (κ3) is 2.28. The summed E-state index contributed by atoms with van der Waals surface area (Å²) < 4.78 is 6.48. The normalized spacial score (nSPS) is 26.8. The number of pyridine rings is 1. The third-order valence-electron chi connectivity index (χ3n) is 10.4. The Morgan fingerprint density at radius 3 is 2.39 bits per heavy atom. The second-order valence-corrected chi connectivity index (χ2v) is 11.3. The van der Waals surface area contributed by atoms with Gasteiger partial charge < -0.3 is 14.2 Å². The molecule has 4 heteroatoms. The third-order valence-corrected chi connectivity index (χ3v) is 10.4. The van der Waals surface area contributed by atoms with E-state index in [1.165, 1.54) is 45.4 Å². The van der Waals surface area contributed by atoms with E-state index in [0.29, 0.717) is 5.92 Å². The van der Waals surface area contributed by atoms with Gasteiger partial charge in [0.25, 0.3) is 0 Å². The maximum Gasteiger partial charge on any atom is 0.158 e. The summed E-state index contributed by atoms with van der Waals surface area (Å²) in [6.07, 6.45) is 5.57. The van der Waals surface area contributed by atoms with Crippen molar-refractivity contribution < 1.29 is 4.42 Å². The standard InChI is InChI=1S/C34H33N3O/c1-5-29-33(6-2)24-14-9-10-15-26(24)36-27-16-12-20-35-31(27)37(32(36)34(29,33)7-3)25-19-18-23-22-13-8-11-17-28(22)38-30(23)21(25)4/h8-20,29,32H,5-7H2,1-4H3. The highest BCUT2D eigenvalue weighted by atomic mass is 16.3. The van der Waals surface area contributed by atoms with Crippen LogP contribution in [0.4, 0.5) is 22.9 Å². The topological polar surface area (TPSA) is 32.5 Å². The fraction of sp³-hybridized carbons (Fsp3) is 0.324. The lowest BCUT2D eigenvalue weighted by molar-refractivity contribution is 0.301. The van der Waals surface area contributed by atoms with Crippen LogP contribution in [0, 0.1) is 18.3 Å². The minimum absolute atomic E-state index is 0.126. The first kappa shape index (κ1) is 22.2. The first-order chi connectivity index (χ1) is 18.6. The molecule has 4 heterocycles. The summed E-state index contributed by atoms with van der Waals surface area (Å²) in [6.45, 7) is 9.43. The monoisotopic (exact) mass is 499 g/mol. The average Bonchev–Trinajstić information content (AvgIpc) is 3.18. The predicted octanol–water partition coefficient (Wildman–Crippen LogP) is 9.00. The molecule has 4 atom stereocenters. The summed E-state index contributed by atoms with van der Waals surface area (Å²) in [6, 6.07) is 26.4. The van der Waals surface area contributed by atoms with E-state index >= 15 is 0 Å². The molecule has 4 unspecified atom stereocenters. The van der Waals surface area contributed by atoms with Crippen molar-refractivity contribution in [3.63, 3.8) is 0 Å². The molecule has 0 bridgehead atoms. The Hall–Kier alpha value is -3.79. The molecule has 0 saturated heterocycles. The summed E-state index contributed by atoms with van der Waals surface area (Å²) in [7, 11) is 0. The average molecular weight is 500 g/mol. The molecule has 0 radical (unpaired) electrons. The SMILES string of the molecule is CCC1C2(CC)c3ccccc3N3c4cccnc4N(c4ccc5c(oc6ccccc65)c4C)C3C12CC. The van der Waals surface area contributed by atoms with Crippen LogP contribution in [-0.4, -0.2) is 11.1 Å². The first-order valence-corrected chi connectivity index (χ1v) is 14.2. The fourth-order valence-corrected chi connectivity index (χ4v) is 9.12. The van der Waals surface area contributed by atoms with Gasteiger partial charge in [0.05, 0.1) is 11.4 Å². The Kier molecular flexibility index (Phi) is 4.33. The van der Waals surface area contributed by atoms with Crippen molar-refractivity contribution in [3.05, 3.63) is 90.1 Å². The van der Waals surface area contributed by atoms with Crippen molar-refractivity contribution in [2.45, 2.75) is 58.5 Å². The first-order valence-electron chi connectivity index (χ1n) is 14.2. The van der Waals surface area contributed by atoms with Gasteiger partial charge in [-0.1, -0.05) is 63.6 Å². The van der Waals surface area contributed by atoms with Crippen molar-refractivity contribution in [3.8, 4) is 0 Å². The molecule has 2 aliphatic heterocycles. The Labute approximate surface area is 223 Å². The summed E-state index contributed by atoms with van der Waals surface area (Å²) in [5.41, 5.74) is 8.67. The summed E-state index contributed by atoms with van der Waals surface area (Å²) in [5, 5.41) is 2.35. The zero-order valence-corrected chi connectivity index (χ0v) is 22.5. The van der Waals surface area contributed by atoms with E-state index in [2.05, 4.69) is 104 Å². The molecule has 0 spiro atoms. The molecule has 8 rings (SSSR count). The van der Waals surface area contributed by atoms with E-state index in [4.69, 9.17) is 9.40 Å². The molecule has 0 N–H and O–H groups in total. The number of aryl methyl sites for hydroxylation is 1. The molecule has 5 aromatic rings. The maximum atomic E-state index is 6.48. The van der Waals surface area contributed by atoms with Crippen LogP contribution in [0.5, 0.6) is 0 Å². The van der Waals surface area contributed by atoms with Crippen LogP contribution in [0.3, 0.4) is 0 Å². The van der Waals surface area contributed by atoms with E-state index < -0.39 is 0 Å². The number of hydrogen-bond donors (Lipinski definition) is 0. The Balaban J connectivity index is 1.44. The number of furan rings is 1. The van der Waals surface area contributed by atoms with E-state index in [1.54, 1.807) is 0 Å². The van der Waals surface area contributed by atoms with Gasteiger partial charge in [0.1, 0.15) is 17.3 Å². The molecule has 2 aromatic heterocycles. The molecule has 38 heavy (non-hydrogen) atoms. The zero-order valence-electron chi connectivity index (χ0n) is 22.5. The number of aromatic nitrogens is 1. The van der Waals surface area contributed by atoms with Gasteiger partial charge in [-0.3, -0.25) is 0 Å². The number of anilines is 4. The van der Waals surface area contributed by atoms with Crippen molar-refractivity contribution in [2.24, 2.45) is 11.3 Å². The van der Waals surface area contributed by atoms with Gasteiger partial charge in [0.2, 0.25) is 0 Å². The highest BCUT2D eigenvalue weighted by Gasteiger charge is 2.81. The van der Waals surface area contributed by atoms with Gasteiger partial charge in [0, 0.05) is 39.1 Å². The molecule has 4 nitrogen and oxygen atoms in total. The molecule has 3 aromatic carbocycles. The number of benzene rings is 3. The molecule has 1 saturated carbocycles. The number of fused-ring (bicyclic) bond motifs is 11. The highest BCUT2D eigenvalue weighted by Crippen LogP contribution is 2.82. The summed E-state index contributed by atoms with van der Waals surface area (Å²) in [5.74, 6) is 1.67. The van der Waals surface area contributed by atoms with Crippen LogP contribution >= 0.6 is 0 Å². The lowest BCUT2D eigenvalue weighted by atomic mass is 9.76. The van der Waals surface area contributed by atoms with Gasteiger partial charge >= 0.3 is 0 Å². The zero-order chi connectivity index (χ0) is 25.8. The molecule has 1 fully saturated rings. The van der Waals surface area contributed by atoms with E-state index in [0.717, 1.165) is 29.8 Å². The molecule has 0 amide bonds. The number of nitrogens with zero attached hydrogens (tertiary/aromatic N) is 3. The molecule has 1 aliphatic carbocycles. The highest BCUT2D eigenvalue weighted by molar-refractivity contribution is 6.07. The Bertz CT molecular complexity index is 1750. The van der Waals surface area contributed by atoms with Crippen molar-refractivity contribution in [1.29, 1.82) is 0 Å².